The van der Waals surface area contributed by atoms with E-state index in [2.05, 4.69) is 19.0 Å². The summed E-state index contributed by atoms with van der Waals surface area (Å²) in [5.74, 6) is 0.122. The van der Waals surface area contributed by atoms with Crippen LogP contribution in [0.15, 0.2) is 30.3 Å². The molecule has 138 valence electrons. The minimum absolute atomic E-state index is 0.0622. The zero-order valence-electron chi connectivity index (χ0n) is 15.4. The second-order valence-electron chi connectivity index (χ2n) is 7.56. The maximum Gasteiger partial charge on any atom is 0.253 e. The molecule has 5 heteroatoms. The van der Waals surface area contributed by atoms with Crippen LogP contribution in [0, 0.1) is 5.41 Å². The monoisotopic (exact) mass is 346 g/mol. The molecular weight excluding hydrogens is 316 g/mol. The fraction of sp³-hybridized carbons (Fsp3) is 0.650. The van der Waals surface area contributed by atoms with Gasteiger partial charge in [-0.3, -0.25) is 4.79 Å². The van der Waals surface area contributed by atoms with Crippen molar-refractivity contribution in [3.05, 3.63) is 35.9 Å². The molecule has 3 rings (SSSR count). The second-order valence-corrected chi connectivity index (χ2v) is 7.56. The van der Waals surface area contributed by atoms with Crippen LogP contribution < -0.4 is 0 Å². The Morgan fingerprint density at radius 2 is 2.16 bits per heavy atom. The number of fused-ring (bicyclic) bond motifs is 1. The van der Waals surface area contributed by atoms with Crippen LogP contribution in [0.3, 0.4) is 0 Å². The van der Waals surface area contributed by atoms with Gasteiger partial charge in [-0.15, -0.1) is 0 Å². The van der Waals surface area contributed by atoms with Gasteiger partial charge in [0.25, 0.3) is 5.91 Å². The molecule has 0 spiro atoms. The average molecular weight is 346 g/mol. The lowest BCUT2D eigenvalue weighted by atomic mass is 9.73. The maximum atomic E-state index is 12.9. The lowest BCUT2D eigenvalue weighted by Crippen LogP contribution is -2.58. The molecule has 0 aliphatic carbocycles. The summed E-state index contributed by atoms with van der Waals surface area (Å²) >= 11 is 0. The first-order valence-electron chi connectivity index (χ1n) is 9.29. The first-order valence-corrected chi connectivity index (χ1v) is 9.29. The summed E-state index contributed by atoms with van der Waals surface area (Å²) in [4.78, 5) is 17.0. The van der Waals surface area contributed by atoms with Crippen LogP contribution in [0.4, 0.5) is 0 Å². The minimum Gasteiger partial charge on any atom is -0.379 e. The van der Waals surface area contributed by atoms with Gasteiger partial charge in [0.15, 0.2) is 0 Å². The van der Waals surface area contributed by atoms with Gasteiger partial charge in [0.2, 0.25) is 0 Å². The molecule has 1 aromatic rings. The number of nitrogens with zero attached hydrogens (tertiary/aromatic N) is 2. The molecular formula is C20H30N2O3. The van der Waals surface area contributed by atoms with Crippen molar-refractivity contribution in [1.29, 1.82) is 0 Å². The Bertz CT molecular complexity index is 563. The number of amides is 1. The van der Waals surface area contributed by atoms with Crippen LogP contribution >= 0.6 is 0 Å². The first-order chi connectivity index (χ1) is 12.1. The summed E-state index contributed by atoms with van der Waals surface area (Å²) in [6.07, 6.45) is 3.22. The van der Waals surface area contributed by atoms with Crippen molar-refractivity contribution in [3.8, 4) is 0 Å². The van der Waals surface area contributed by atoms with Crippen molar-refractivity contribution in [1.82, 2.24) is 9.80 Å². The van der Waals surface area contributed by atoms with Gasteiger partial charge in [0, 0.05) is 37.2 Å². The molecule has 0 aromatic heterocycles. The SMILES string of the molecule is CN(C)CCOC[C@@]12CCCO[C@@H]1CCN(C(=O)c1ccccc1)C2. The Labute approximate surface area is 150 Å². The minimum atomic E-state index is -0.0622. The van der Waals surface area contributed by atoms with E-state index in [-0.39, 0.29) is 17.4 Å². The molecule has 2 aliphatic heterocycles. The largest absolute Gasteiger partial charge is 0.379 e. The molecule has 2 heterocycles. The van der Waals surface area contributed by atoms with Crippen molar-refractivity contribution in [2.45, 2.75) is 25.4 Å². The van der Waals surface area contributed by atoms with Crippen molar-refractivity contribution in [2.24, 2.45) is 5.41 Å². The van der Waals surface area contributed by atoms with Gasteiger partial charge in [0.05, 0.1) is 19.3 Å². The summed E-state index contributed by atoms with van der Waals surface area (Å²) < 4.78 is 12.1. The van der Waals surface area contributed by atoms with Crippen molar-refractivity contribution in [2.75, 3.05) is 53.6 Å². The summed E-state index contributed by atoms with van der Waals surface area (Å²) in [6, 6.07) is 9.57. The molecule has 0 N–H and O–H groups in total. The molecule has 2 atom stereocenters. The van der Waals surface area contributed by atoms with E-state index in [1.807, 2.05) is 35.2 Å². The maximum absolute atomic E-state index is 12.9. The topological polar surface area (TPSA) is 42.0 Å². The predicted octanol–water partition coefficient (Wildman–Crippen LogP) is 2.28. The fourth-order valence-electron chi connectivity index (χ4n) is 3.96. The van der Waals surface area contributed by atoms with Gasteiger partial charge in [0.1, 0.15) is 0 Å². The number of carbonyl (C=O) groups is 1. The zero-order valence-corrected chi connectivity index (χ0v) is 15.4. The fourth-order valence-corrected chi connectivity index (χ4v) is 3.96. The van der Waals surface area contributed by atoms with E-state index >= 15 is 0 Å². The number of hydrogen-bond acceptors (Lipinski definition) is 4. The van der Waals surface area contributed by atoms with E-state index in [0.29, 0.717) is 13.2 Å². The second kappa shape index (κ2) is 8.30. The molecule has 2 saturated heterocycles. The molecule has 0 unspecified atom stereocenters. The van der Waals surface area contributed by atoms with E-state index in [1.165, 1.54) is 0 Å². The number of benzene rings is 1. The van der Waals surface area contributed by atoms with E-state index in [0.717, 1.165) is 51.1 Å². The lowest BCUT2D eigenvalue weighted by molar-refractivity contribution is -0.147. The van der Waals surface area contributed by atoms with Gasteiger partial charge in [-0.25, -0.2) is 0 Å². The molecule has 1 aromatic carbocycles. The summed E-state index contributed by atoms with van der Waals surface area (Å²) in [7, 11) is 4.10. The molecule has 1 amide bonds. The molecule has 0 saturated carbocycles. The molecule has 2 fully saturated rings. The van der Waals surface area contributed by atoms with Gasteiger partial charge in [-0.1, -0.05) is 18.2 Å². The number of piperidine rings is 1. The lowest BCUT2D eigenvalue weighted by Gasteiger charge is -2.50. The van der Waals surface area contributed by atoms with Crippen LogP contribution in [0.2, 0.25) is 0 Å². The van der Waals surface area contributed by atoms with Crippen molar-refractivity contribution >= 4 is 5.91 Å². The standard InChI is InChI=1S/C20H30N2O3/c1-21(2)12-14-24-16-20-10-6-13-25-18(20)9-11-22(15-20)19(23)17-7-4-3-5-8-17/h3-5,7-8,18H,6,9-16H2,1-2H3/t18-,20+/m1/s1. The third-order valence-corrected chi connectivity index (χ3v) is 5.37. The third kappa shape index (κ3) is 4.40. The van der Waals surface area contributed by atoms with Gasteiger partial charge >= 0.3 is 0 Å². The summed E-state index contributed by atoms with van der Waals surface area (Å²) in [6.45, 7) is 4.62. The Morgan fingerprint density at radius 1 is 1.36 bits per heavy atom. The van der Waals surface area contributed by atoms with Crippen LogP contribution in [-0.4, -0.2) is 75.4 Å². The highest BCUT2D eigenvalue weighted by Crippen LogP contribution is 2.40. The number of rotatable bonds is 6. The highest BCUT2D eigenvalue weighted by molar-refractivity contribution is 5.94. The molecule has 25 heavy (non-hydrogen) atoms. The average Bonchev–Trinajstić information content (AvgIpc) is 2.65. The van der Waals surface area contributed by atoms with Crippen LogP contribution in [0.25, 0.3) is 0 Å². The van der Waals surface area contributed by atoms with Crippen LogP contribution in [-0.2, 0) is 9.47 Å². The third-order valence-electron chi connectivity index (χ3n) is 5.37. The first kappa shape index (κ1) is 18.4. The van der Waals surface area contributed by atoms with Crippen LogP contribution in [0.1, 0.15) is 29.6 Å². The Hall–Kier alpha value is -1.43. The Kier molecular flexibility index (Phi) is 6.10. The normalized spacial score (nSPS) is 26.5. The van der Waals surface area contributed by atoms with E-state index in [9.17, 15) is 4.79 Å². The molecule has 5 nitrogen and oxygen atoms in total. The Balaban J connectivity index is 1.67. The van der Waals surface area contributed by atoms with E-state index < -0.39 is 0 Å². The quantitative estimate of drug-likeness (QED) is 0.741. The number of hydrogen-bond donors (Lipinski definition) is 0. The summed E-state index contributed by atoms with van der Waals surface area (Å²) in [5.41, 5.74) is 0.703. The molecule has 2 aliphatic rings. The smallest absolute Gasteiger partial charge is 0.253 e. The van der Waals surface area contributed by atoms with Gasteiger partial charge in [-0.05, 0) is 45.5 Å². The Morgan fingerprint density at radius 3 is 2.92 bits per heavy atom. The van der Waals surface area contributed by atoms with E-state index in [4.69, 9.17) is 9.47 Å². The number of carbonyl (C=O) groups excluding carboxylic acids is 1. The molecule has 0 radical (unpaired) electrons. The van der Waals surface area contributed by atoms with Crippen molar-refractivity contribution < 1.29 is 14.3 Å². The van der Waals surface area contributed by atoms with Gasteiger partial charge in [-0.2, -0.15) is 0 Å². The highest BCUT2D eigenvalue weighted by Gasteiger charge is 2.47. The highest BCUT2D eigenvalue weighted by atomic mass is 16.5. The van der Waals surface area contributed by atoms with E-state index in [1.54, 1.807) is 0 Å². The van der Waals surface area contributed by atoms with Crippen molar-refractivity contribution in [3.63, 3.8) is 0 Å². The number of ether oxygens (including phenoxy) is 2. The van der Waals surface area contributed by atoms with Crippen LogP contribution in [0.5, 0.6) is 0 Å². The van der Waals surface area contributed by atoms with Gasteiger partial charge < -0.3 is 19.3 Å². The predicted molar refractivity (Wildman–Crippen MR) is 97.7 cm³/mol. The molecule has 0 bridgehead atoms. The number of likely N-dealkylation sites (N-methyl/N-ethyl adjacent to an activating group) is 1. The number of likely N-dealkylation sites (tertiary alicyclic amines) is 1. The summed E-state index contributed by atoms with van der Waals surface area (Å²) in [5, 5.41) is 0. The zero-order chi connectivity index (χ0) is 17.7.